The summed E-state index contributed by atoms with van der Waals surface area (Å²) in [6.45, 7) is 3.91. The predicted octanol–water partition coefficient (Wildman–Crippen LogP) is 2.83. The van der Waals surface area contributed by atoms with Crippen molar-refractivity contribution in [1.29, 1.82) is 0 Å². The molecular weight excluding hydrogens is 388 g/mol. The lowest BCUT2D eigenvalue weighted by atomic mass is 9.88. The van der Waals surface area contributed by atoms with E-state index in [1.165, 1.54) is 11.1 Å². The zero-order chi connectivity index (χ0) is 20.8. The lowest BCUT2D eigenvalue weighted by Gasteiger charge is -2.31. The van der Waals surface area contributed by atoms with E-state index in [9.17, 15) is 18.0 Å². The van der Waals surface area contributed by atoms with Gasteiger partial charge in [0, 0.05) is 11.8 Å². The highest BCUT2D eigenvalue weighted by Crippen LogP contribution is 2.33. The second-order valence-corrected chi connectivity index (χ2v) is 9.90. The minimum absolute atomic E-state index is 0.00581. The number of hydrogen-bond acceptors (Lipinski definition) is 5. The molecule has 150 valence electrons. The molecule has 0 aliphatic carbocycles. The van der Waals surface area contributed by atoms with E-state index in [1.54, 1.807) is 30.3 Å². The van der Waals surface area contributed by atoms with Crippen LogP contribution in [0.4, 0.5) is 5.69 Å². The van der Waals surface area contributed by atoms with Gasteiger partial charge in [-0.15, -0.1) is 0 Å². The monoisotopic (exact) mass is 410 g/mol. The summed E-state index contributed by atoms with van der Waals surface area (Å²) in [4.78, 5) is 32.0. The molecule has 2 aliphatic rings. The van der Waals surface area contributed by atoms with Gasteiger partial charge in [0.1, 0.15) is 0 Å². The lowest BCUT2D eigenvalue weighted by molar-refractivity contribution is -0.118. The highest BCUT2D eigenvalue weighted by atomic mass is 32.2. The van der Waals surface area contributed by atoms with Crippen LogP contribution in [-0.4, -0.2) is 44.0 Å². The first-order chi connectivity index (χ1) is 13.8. The third-order valence-electron chi connectivity index (χ3n) is 5.62. The molecule has 2 aliphatic heterocycles. The molecular formula is C22H22N2O4S. The summed E-state index contributed by atoms with van der Waals surface area (Å²) in [5.41, 5.74) is 3.66. The lowest BCUT2D eigenvalue weighted by Crippen LogP contribution is -2.45. The third-order valence-corrected chi connectivity index (χ3v) is 7.37. The third kappa shape index (κ3) is 3.62. The average molecular weight is 410 g/mol. The Balaban J connectivity index is 1.74. The molecule has 0 radical (unpaired) electrons. The number of imide groups is 1. The minimum atomic E-state index is -3.06. The van der Waals surface area contributed by atoms with Crippen LogP contribution in [0.3, 0.4) is 0 Å². The molecule has 2 heterocycles. The number of aryl methyl sites for hydroxylation is 2. The summed E-state index contributed by atoms with van der Waals surface area (Å²) in [6.07, 6.45) is 1.98. The Labute approximate surface area is 170 Å². The molecule has 6 nitrogen and oxygen atoms in total. The Morgan fingerprint density at radius 2 is 1.83 bits per heavy atom. The van der Waals surface area contributed by atoms with E-state index in [0.29, 0.717) is 23.2 Å². The van der Waals surface area contributed by atoms with Gasteiger partial charge >= 0.3 is 0 Å². The fourth-order valence-corrected chi connectivity index (χ4v) is 5.45. The van der Waals surface area contributed by atoms with E-state index < -0.39 is 15.8 Å². The van der Waals surface area contributed by atoms with Gasteiger partial charge in [-0.1, -0.05) is 24.3 Å². The zero-order valence-electron chi connectivity index (χ0n) is 16.3. The fourth-order valence-electron chi connectivity index (χ4n) is 3.81. The van der Waals surface area contributed by atoms with Gasteiger partial charge < -0.3 is 0 Å². The van der Waals surface area contributed by atoms with Gasteiger partial charge in [0.05, 0.1) is 29.2 Å². The molecule has 2 aromatic carbocycles. The summed E-state index contributed by atoms with van der Waals surface area (Å²) in [5, 5.41) is 0. The summed E-state index contributed by atoms with van der Waals surface area (Å²) >= 11 is 0. The molecule has 0 aromatic heterocycles. The molecule has 0 spiro atoms. The first-order valence-corrected chi connectivity index (χ1v) is 11.4. The molecule has 4 rings (SSSR count). The Hall–Kier alpha value is -2.80. The smallest absolute Gasteiger partial charge is 0.265 e. The van der Waals surface area contributed by atoms with E-state index in [4.69, 9.17) is 0 Å². The van der Waals surface area contributed by atoms with Crippen molar-refractivity contribution in [3.8, 4) is 0 Å². The molecule has 2 amide bonds. The predicted molar refractivity (Wildman–Crippen MR) is 112 cm³/mol. The molecule has 0 bridgehead atoms. The maximum Gasteiger partial charge on any atom is 0.265 e. The Kier molecular flexibility index (Phi) is 4.86. The van der Waals surface area contributed by atoms with Crippen molar-refractivity contribution < 1.29 is 18.0 Å². The van der Waals surface area contributed by atoms with Crippen LogP contribution in [0.2, 0.25) is 0 Å². The van der Waals surface area contributed by atoms with Gasteiger partial charge in [-0.3, -0.25) is 14.6 Å². The van der Waals surface area contributed by atoms with Gasteiger partial charge in [-0.2, -0.15) is 0 Å². The van der Waals surface area contributed by atoms with Crippen molar-refractivity contribution in [1.82, 2.24) is 0 Å². The normalized spacial score (nSPS) is 23.6. The molecule has 1 fully saturated rings. The standard InChI is InChI=1S/C22H22N2O4S/c1-14-7-8-17(11-15(14)2)24-21(25)19-6-4-3-5-18(19)20(22(24)26)12-23-16-9-10-29(27,28)13-16/h3-8,11-12,16,20H,9-10,13H2,1-2H3/t16-,20+/m0/s1. The molecule has 29 heavy (non-hydrogen) atoms. The number of hydrogen-bond donors (Lipinski definition) is 0. The molecule has 7 heteroatoms. The second kappa shape index (κ2) is 7.22. The number of sulfone groups is 1. The highest BCUT2D eigenvalue weighted by Gasteiger charge is 2.39. The minimum Gasteiger partial charge on any atom is -0.292 e. The Morgan fingerprint density at radius 1 is 1.07 bits per heavy atom. The van der Waals surface area contributed by atoms with Crippen LogP contribution >= 0.6 is 0 Å². The van der Waals surface area contributed by atoms with E-state index in [0.717, 1.165) is 11.1 Å². The van der Waals surface area contributed by atoms with Crippen LogP contribution in [-0.2, 0) is 14.6 Å². The van der Waals surface area contributed by atoms with Crippen LogP contribution in [0.1, 0.15) is 39.4 Å². The van der Waals surface area contributed by atoms with Crippen molar-refractivity contribution in [3.63, 3.8) is 0 Å². The number of amides is 2. The number of carbonyl (C=O) groups is 2. The molecule has 2 atom stereocenters. The summed E-state index contributed by atoms with van der Waals surface area (Å²) < 4.78 is 23.4. The van der Waals surface area contributed by atoms with Gasteiger partial charge in [0.25, 0.3) is 5.91 Å². The van der Waals surface area contributed by atoms with E-state index >= 15 is 0 Å². The van der Waals surface area contributed by atoms with E-state index in [2.05, 4.69) is 4.99 Å². The van der Waals surface area contributed by atoms with Crippen LogP contribution in [0.5, 0.6) is 0 Å². The molecule has 0 saturated carbocycles. The van der Waals surface area contributed by atoms with Crippen LogP contribution in [0.15, 0.2) is 47.5 Å². The van der Waals surface area contributed by atoms with Gasteiger partial charge in [0.2, 0.25) is 5.91 Å². The van der Waals surface area contributed by atoms with Crippen molar-refractivity contribution in [3.05, 3.63) is 64.7 Å². The first-order valence-electron chi connectivity index (χ1n) is 9.55. The van der Waals surface area contributed by atoms with Crippen LogP contribution in [0, 0.1) is 13.8 Å². The number of rotatable bonds is 3. The largest absolute Gasteiger partial charge is 0.292 e. The SMILES string of the molecule is Cc1ccc(N2C(=O)c3ccccc3[C@@H](C=N[C@H]3CCS(=O)(=O)C3)C2=O)cc1C. The number of fused-ring (bicyclic) bond motifs is 1. The number of anilines is 1. The zero-order valence-corrected chi connectivity index (χ0v) is 17.1. The fraction of sp³-hybridized carbons (Fsp3) is 0.318. The van der Waals surface area contributed by atoms with Crippen LogP contribution in [0.25, 0.3) is 0 Å². The molecule has 2 aromatic rings. The Morgan fingerprint density at radius 3 is 2.52 bits per heavy atom. The molecule has 1 saturated heterocycles. The molecule has 0 N–H and O–H groups in total. The topological polar surface area (TPSA) is 83.9 Å². The second-order valence-electron chi connectivity index (χ2n) is 7.67. The summed E-state index contributed by atoms with van der Waals surface area (Å²) in [7, 11) is -3.06. The highest BCUT2D eigenvalue weighted by molar-refractivity contribution is 7.91. The maximum absolute atomic E-state index is 13.3. The number of nitrogens with zero attached hydrogens (tertiary/aromatic N) is 2. The van der Waals surface area contributed by atoms with Crippen molar-refractivity contribution in [2.24, 2.45) is 4.99 Å². The van der Waals surface area contributed by atoms with Crippen LogP contribution < -0.4 is 4.90 Å². The van der Waals surface area contributed by atoms with Gasteiger partial charge in [-0.25, -0.2) is 13.3 Å². The number of carbonyl (C=O) groups excluding carboxylic acids is 2. The number of aliphatic imine (C=N–C) groups is 1. The maximum atomic E-state index is 13.3. The molecule has 0 unspecified atom stereocenters. The quantitative estimate of drug-likeness (QED) is 0.575. The summed E-state index contributed by atoms with van der Waals surface area (Å²) in [6, 6.07) is 12.2. The van der Waals surface area contributed by atoms with E-state index in [-0.39, 0.29) is 29.4 Å². The summed E-state index contributed by atoms with van der Waals surface area (Å²) in [5.74, 6) is -1.33. The Bertz CT molecular complexity index is 1140. The van der Waals surface area contributed by atoms with Crippen molar-refractivity contribution in [2.45, 2.75) is 32.2 Å². The van der Waals surface area contributed by atoms with Gasteiger partial charge in [0.15, 0.2) is 9.84 Å². The van der Waals surface area contributed by atoms with Crippen molar-refractivity contribution in [2.75, 3.05) is 16.4 Å². The first kappa shape index (κ1) is 19.5. The van der Waals surface area contributed by atoms with Crippen molar-refractivity contribution >= 4 is 33.6 Å². The van der Waals surface area contributed by atoms with Gasteiger partial charge in [-0.05, 0) is 55.2 Å². The number of benzene rings is 2. The average Bonchev–Trinajstić information content (AvgIpc) is 3.03. The van der Waals surface area contributed by atoms with E-state index in [1.807, 2.05) is 26.0 Å².